The Labute approximate surface area is 172 Å². The molecule has 4 rings (SSSR count). The van der Waals surface area contributed by atoms with Crippen LogP contribution in [0.2, 0.25) is 0 Å². The second-order valence-electron chi connectivity index (χ2n) is 7.74. The molecular formula is C20H29N3O5S. The van der Waals surface area contributed by atoms with E-state index in [-0.39, 0.29) is 16.4 Å². The lowest BCUT2D eigenvalue weighted by Gasteiger charge is -2.36. The molecule has 0 radical (unpaired) electrons. The van der Waals surface area contributed by atoms with E-state index in [0.29, 0.717) is 45.5 Å². The van der Waals surface area contributed by atoms with Crippen LogP contribution in [0.5, 0.6) is 0 Å². The molecular weight excluding hydrogens is 394 g/mol. The first kappa shape index (κ1) is 20.7. The van der Waals surface area contributed by atoms with Gasteiger partial charge in [0.15, 0.2) is 0 Å². The van der Waals surface area contributed by atoms with Crippen molar-refractivity contribution in [2.75, 3.05) is 65.6 Å². The fourth-order valence-electron chi connectivity index (χ4n) is 4.17. The predicted molar refractivity (Wildman–Crippen MR) is 107 cm³/mol. The lowest BCUT2D eigenvalue weighted by Crippen LogP contribution is -2.50. The molecule has 3 aliphatic rings. The Bertz CT molecular complexity index is 811. The van der Waals surface area contributed by atoms with Crippen LogP contribution < -0.4 is 0 Å². The maximum Gasteiger partial charge on any atom is 0.255 e. The number of hydrogen-bond acceptors (Lipinski definition) is 6. The highest BCUT2D eigenvalue weighted by Gasteiger charge is 2.32. The molecule has 0 bridgehead atoms. The highest BCUT2D eigenvalue weighted by molar-refractivity contribution is 7.89. The average molecular weight is 424 g/mol. The zero-order chi connectivity index (χ0) is 20.3. The summed E-state index contributed by atoms with van der Waals surface area (Å²) in [6.07, 6.45) is 2.53. The van der Waals surface area contributed by atoms with Gasteiger partial charge in [0.2, 0.25) is 10.0 Å². The first-order valence-corrected chi connectivity index (χ1v) is 11.8. The van der Waals surface area contributed by atoms with Gasteiger partial charge in [-0.25, -0.2) is 8.42 Å². The number of ether oxygens (including phenoxy) is 2. The third-order valence-electron chi connectivity index (χ3n) is 5.85. The minimum Gasteiger partial charge on any atom is -0.379 e. The van der Waals surface area contributed by atoms with E-state index in [4.69, 9.17) is 9.47 Å². The smallest absolute Gasteiger partial charge is 0.255 e. The fraction of sp³-hybridized carbons (Fsp3) is 0.650. The van der Waals surface area contributed by atoms with Gasteiger partial charge in [0.25, 0.3) is 5.91 Å². The summed E-state index contributed by atoms with van der Waals surface area (Å²) in [7, 11) is -3.72. The number of sulfonamides is 1. The van der Waals surface area contributed by atoms with E-state index in [1.54, 1.807) is 23.1 Å². The molecule has 0 aromatic heterocycles. The van der Waals surface area contributed by atoms with Gasteiger partial charge in [-0.1, -0.05) is 12.1 Å². The van der Waals surface area contributed by atoms with Crippen molar-refractivity contribution in [3.63, 3.8) is 0 Å². The van der Waals surface area contributed by atoms with Crippen molar-refractivity contribution in [2.24, 2.45) is 0 Å². The van der Waals surface area contributed by atoms with Gasteiger partial charge in [0, 0.05) is 52.4 Å². The molecule has 3 heterocycles. The van der Waals surface area contributed by atoms with Gasteiger partial charge < -0.3 is 14.4 Å². The number of nitrogens with zero attached hydrogens (tertiary/aromatic N) is 3. The second kappa shape index (κ2) is 9.09. The predicted octanol–water partition coefficient (Wildman–Crippen LogP) is 0.644. The van der Waals surface area contributed by atoms with Crippen molar-refractivity contribution in [3.05, 3.63) is 29.8 Å². The molecule has 160 valence electrons. The molecule has 1 aromatic rings. The van der Waals surface area contributed by atoms with Crippen LogP contribution in [-0.4, -0.2) is 100 Å². The van der Waals surface area contributed by atoms with E-state index in [0.717, 1.165) is 39.1 Å². The minimum atomic E-state index is -3.72. The number of morpholine rings is 1. The Morgan fingerprint density at radius 3 is 2.41 bits per heavy atom. The summed E-state index contributed by atoms with van der Waals surface area (Å²) in [5, 5.41) is 0. The molecule has 1 aromatic carbocycles. The quantitative estimate of drug-likeness (QED) is 0.692. The number of amides is 1. The van der Waals surface area contributed by atoms with Crippen LogP contribution in [-0.2, 0) is 19.5 Å². The number of hydrogen-bond donors (Lipinski definition) is 0. The molecule has 1 amide bonds. The molecule has 0 aliphatic carbocycles. The van der Waals surface area contributed by atoms with Crippen molar-refractivity contribution in [3.8, 4) is 0 Å². The SMILES string of the molecule is O=C(c1ccccc1S(=O)(=O)N1CCOCC1)N1CCN(CC2CCCO2)CC1. The summed E-state index contributed by atoms with van der Waals surface area (Å²) in [6, 6.07) is 6.54. The Morgan fingerprint density at radius 1 is 1.00 bits per heavy atom. The third-order valence-corrected chi connectivity index (χ3v) is 7.81. The van der Waals surface area contributed by atoms with Crippen molar-refractivity contribution in [1.29, 1.82) is 0 Å². The highest BCUT2D eigenvalue weighted by Crippen LogP contribution is 2.23. The van der Waals surface area contributed by atoms with Crippen LogP contribution in [0.4, 0.5) is 0 Å². The molecule has 29 heavy (non-hydrogen) atoms. The van der Waals surface area contributed by atoms with Crippen molar-refractivity contribution >= 4 is 15.9 Å². The topological polar surface area (TPSA) is 79.4 Å². The Balaban J connectivity index is 1.44. The number of piperazine rings is 1. The molecule has 0 N–H and O–H groups in total. The van der Waals surface area contributed by atoms with Gasteiger partial charge >= 0.3 is 0 Å². The van der Waals surface area contributed by atoms with E-state index in [2.05, 4.69) is 4.90 Å². The standard InChI is InChI=1S/C20H29N3O5S/c24-20(22-9-7-21(8-10-22)16-17-4-3-13-28-17)18-5-1-2-6-19(18)29(25,26)23-11-14-27-15-12-23/h1-2,5-6,17H,3-4,7-16H2. The van der Waals surface area contributed by atoms with Crippen LogP contribution >= 0.6 is 0 Å². The van der Waals surface area contributed by atoms with Gasteiger partial charge in [-0.05, 0) is 25.0 Å². The summed E-state index contributed by atoms with van der Waals surface area (Å²) in [5.74, 6) is -0.214. The van der Waals surface area contributed by atoms with Gasteiger partial charge in [-0.15, -0.1) is 0 Å². The molecule has 1 unspecified atom stereocenters. The summed E-state index contributed by atoms with van der Waals surface area (Å²) >= 11 is 0. The largest absolute Gasteiger partial charge is 0.379 e. The van der Waals surface area contributed by atoms with E-state index < -0.39 is 10.0 Å². The summed E-state index contributed by atoms with van der Waals surface area (Å²) in [4.78, 5) is 17.4. The Kier molecular flexibility index (Phi) is 6.50. The zero-order valence-electron chi connectivity index (χ0n) is 16.7. The molecule has 3 saturated heterocycles. The van der Waals surface area contributed by atoms with Crippen molar-refractivity contribution in [2.45, 2.75) is 23.8 Å². The Morgan fingerprint density at radius 2 is 1.72 bits per heavy atom. The maximum absolute atomic E-state index is 13.2. The highest BCUT2D eigenvalue weighted by atomic mass is 32.2. The number of benzene rings is 1. The van der Waals surface area contributed by atoms with Crippen molar-refractivity contribution in [1.82, 2.24) is 14.1 Å². The first-order chi connectivity index (χ1) is 14.1. The number of carbonyl (C=O) groups excluding carboxylic acids is 1. The van der Waals surface area contributed by atoms with Crippen LogP contribution in [0.25, 0.3) is 0 Å². The molecule has 3 aliphatic heterocycles. The van der Waals surface area contributed by atoms with E-state index in [1.165, 1.54) is 10.4 Å². The minimum absolute atomic E-state index is 0.0914. The van der Waals surface area contributed by atoms with Crippen LogP contribution in [0, 0.1) is 0 Å². The van der Waals surface area contributed by atoms with Gasteiger partial charge in [-0.2, -0.15) is 4.31 Å². The average Bonchev–Trinajstić information content (AvgIpc) is 3.27. The lowest BCUT2D eigenvalue weighted by molar-refractivity contribution is 0.0430. The molecule has 9 heteroatoms. The summed E-state index contributed by atoms with van der Waals surface area (Å²) in [6.45, 7) is 5.88. The van der Waals surface area contributed by atoms with Crippen LogP contribution in [0.15, 0.2) is 29.2 Å². The van der Waals surface area contributed by atoms with Crippen LogP contribution in [0.3, 0.4) is 0 Å². The monoisotopic (exact) mass is 423 g/mol. The molecule has 3 fully saturated rings. The maximum atomic E-state index is 13.2. The second-order valence-corrected chi connectivity index (χ2v) is 9.65. The summed E-state index contributed by atoms with van der Waals surface area (Å²) in [5.41, 5.74) is 0.256. The molecule has 0 saturated carbocycles. The molecule has 1 atom stereocenters. The van der Waals surface area contributed by atoms with Gasteiger partial charge in [0.05, 0.1) is 29.8 Å². The van der Waals surface area contributed by atoms with E-state index >= 15 is 0 Å². The third kappa shape index (κ3) is 4.64. The van der Waals surface area contributed by atoms with E-state index in [1.807, 2.05) is 0 Å². The zero-order valence-corrected chi connectivity index (χ0v) is 17.5. The van der Waals surface area contributed by atoms with Gasteiger partial charge in [-0.3, -0.25) is 9.69 Å². The van der Waals surface area contributed by atoms with Crippen LogP contribution in [0.1, 0.15) is 23.2 Å². The number of rotatable bonds is 5. The Hall–Kier alpha value is -1.52. The first-order valence-electron chi connectivity index (χ1n) is 10.4. The number of carbonyl (C=O) groups is 1. The molecule has 0 spiro atoms. The fourth-order valence-corrected chi connectivity index (χ4v) is 5.77. The van der Waals surface area contributed by atoms with E-state index in [9.17, 15) is 13.2 Å². The summed E-state index contributed by atoms with van der Waals surface area (Å²) < 4.78 is 38.6. The van der Waals surface area contributed by atoms with Crippen molar-refractivity contribution < 1.29 is 22.7 Å². The molecule has 8 nitrogen and oxygen atoms in total. The van der Waals surface area contributed by atoms with Gasteiger partial charge in [0.1, 0.15) is 0 Å². The lowest BCUT2D eigenvalue weighted by atomic mass is 10.1. The normalized spacial score (nSPS) is 24.7.